The van der Waals surface area contributed by atoms with Crippen LogP contribution in [0, 0.1) is 11.7 Å². The quantitative estimate of drug-likeness (QED) is 0.831. The lowest BCUT2D eigenvalue weighted by molar-refractivity contribution is 0.0343. The first-order chi connectivity index (χ1) is 8.58. The van der Waals surface area contributed by atoms with Crippen LogP contribution in [-0.4, -0.2) is 41.5 Å². The predicted octanol–water partition coefficient (Wildman–Crippen LogP) is 1.71. The number of benzene rings is 1. The van der Waals surface area contributed by atoms with Crippen molar-refractivity contribution in [3.63, 3.8) is 0 Å². The van der Waals surface area contributed by atoms with Crippen LogP contribution in [0.25, 0.3) is 0 Å². The molecule has 1 heterocycles. The summed E-state index contributed by atoms with van der Waals surface area (Å²) in [5, 5.41) is 9.62. The molecule has 0 amide bonds. The van der Waals surface area contributed by atoms with Gasteiger partial charge in [0, 0.05) is 13.1 Å². The van der Waals surface area contributed by atoms with Crippen LogP contribution >= 0.6 is 0 Å². The van der Waals surface area contributed by atoms with Gasteiger partial charge in [0.2, 0.25) is 0 Å². The zero-order valence-electron chi connectivity index (χ0n) is 10.5. The minimum Gasteiger partial charge on any atom is -0.393 e. The second kappa shape index (κ2) is 5.59. The molecule has 1 aromatic rings. The Bertz CT molecular complexity index is 436. The van der Waals surface area contributed by atoms with Gasteiger partial charge in [-0.15, -0.1) is 0 Å². The number of ketones is 1. The zero-order valence-corrected chi connectivity index (χ0v) is 10.5. The van der Waals surface area contributed by atoms with E-state index in [-0.39, 0.29) is 29.9 Å². The molecule has 1 fully saturated rings. The van der Waals surface area contributed by atoms with E-state index < -0.39 is 5.82 Å². The smallest absolute Gasteiger partial charge is 0.179 e. The van der Waals surface area contributed by atoms with E-state index in [1.54, 1.807) is 12.1 Å². The molecule has 0 aromatic heterocycles. The molecule has 0 radical (unpaired) electrons. The first-order valence-corrected chi connectivity index (χ1v) is 6.26. The van der Waals surface area contributed by atoms with Crippen LogP contribution in [-0.2, 0) is 0 Å². The summed E-state index contributed by atoms with van der Waals surface area (Å²) < 4.78 is 13.5. The second-order valence-electron chi connectivity index (χ2n) is 4.97. The van der Waals surface area contributed by atoms with Crippen molar-refractivity contribution in [1.29, 1.82) is 0 Å². The molecule has 4 heteroatoms. The molecule has 3 nitrogen and oxygen atoms in total. The number of piperidine rings is 1. The highest BCUT2D eigenvalue weighted by atomic mass is 19.1. The normalized spacial score (nSPS) is 25.1. The Kier molecular flexibility index (Phi) is 4.09. The maximum Gasteiger partial charge on any atom is 0.179 e. The van der Waals surface area contributed by atoms with Gasteiger partial charge in [-0.05, 0) is 24.5 Å². The number of nitrogens with zero attached hydrogens (tertiary/aromatic N) is 1. The van der Waals surface area contributed by atoms with Crippen molar-refractivity contribution in [3.8, 4) is 0 Å². The number of carbonyl (C=O) groups is 1. The Hall–Kier alpha value is -1.26. The monoisotopic (exact) mass is 251 g/mol. The summed E-state index contributed by atoms with van der Waals surface area (Å²) in [5.74, 6) is -0.503. The summed E-state index contributed by atoms with van der Waals surface area (Å²) in [7, 11) is 0. The van der Waals surface area contributed by atoms with Crippen LogP contribution < -0.4 is 0 Å². The number of hydrogen-bond donors (Lipinski definition) is 1. The first kappa shape index (κ1) is 13.2. The third-order valence-corrected chi connectivity index (χ3v) is 3.49. The van der Waals surface area contributed by atoms with Crippen LogP contribution in [0.3, 0.4) is 0 Å². The topological polar surface area (TPSA) is 40.5 Å². The maximum atomic E-state index is 13.5. The van der Waals surface area contributed by atoms with Gasteiger partial charge in [-0.3, -0.25) is 9.69 Å². The lowest BCUT2D eigenvalue weighted by Crippen LogP contribution is -2.44. The summed E-state index contributed by atoms with van der Waals surface area (Å²) in [6.07, 6.45) is 0.385. The van der Waals surface area contributed by atoms with Gasteiger partial charge < -0.3 is 5.11 Å². The highest BCUT2D eigenvalue weighted by Crippen LogP contribution is 2.17. The lowest BCUT2D eigenvalue weighted by atomic mass is 9.96. The molecule has 0 saturated carbocycles. The van der Waals surface area contributed by atoms with E-state index in [1.165, 1.54) is 12.1 Å². The summed E-state index contributed by atoms with van der Waals surface area (Å²) in [5.41, 5.74) is 0.149. The fourth-order valence-electron chi connectivity index (χ4n) is 2.34. The van der Waals surface area contributed by atoms with Crippen molar-refractivity contribution in [1.82, 2.24) is 4.90 Å². The van der Waals surface area contributed by atoms with E-state index >= 15 is 0 Å². The molecule has 0 aliphatic carbocycles. The number of rotatable bonds is 3. The van der Waals surface area contributed by atoms with Crippen molar-refractivity contribution in [2.24, 2.45) is 5.92 Å². The lowest BCUT2D eigenvalue weighted by Gasteiger charge is -2.33. The largest absolute Gasteiger partial charge is 0.393 e. The van der Waals surface area contributed by atoms with Crippen LogP contribution in [0.5, 0.6) is 0 Å². The van der Waals surface area contributed by atoms with Gasteiger partial charge in [-0.25, -0.2) is 4.39 Å². The molecule has 2 unspecified atom stereocenters. The van der Waals surface area contributed by atoms with Gasteiger partial charge in [0.05, 0.1) is 18.2 Å². The van der Waals surface area contributed by atoms with Gasteiger partial charge in [0.1, 0.15) is 5.82 Å². The van der Waals surface area contributed by atoms with Gasteiger partial charge in [0.25, 0.3) is 0 Å². The third-order valence-electron chi connectivity index (χ3n) is 3.49. The highest BCUT2D eigenvalue weighted by Gasteiger charge is 2.26. The van der Waals surface area contributed by atoms with E-state index in [9.17, 15) is 14.3 Å². The van der Waals surface area contributed by atoms with Crippen LogP contribution in [0.4, 0.5) is 4.39 Å². The van der Waals surface area contributed by atoms with Gasteiger partial charge in [-0.1, -0.05) is 19.1 Å². The van der Waals surface area contributed by atoms with Crippen LogP contribution in [0.15, 0.2) is 24.3 Å². The predicted molar refractivity (Wildman–Crippen MR) is 67.0 cm³/mol. The van der Waals surface area contributed by atoms with Crippen LogP contribution in [0.1, 0.15) is 23.7 Å². The number of carbonyl (C=O) groups excluding carboxylic acids is 1. The van der Waals surface area contributed by atoms with Gasteiger partial charge >= 0.3 is 0 Å². The third kappa shape index (κ3) is 2.94. The number of aliphatic hydroxyl groups excluding tert-OH is 1. The Morgan fingerprint density at radius 3 is 2.89 bits per heavy atom. The molecule has 2 atom stereocenters. The molecule has 18 heavy (non-hydrogen) atoms. The maximum absolute atomic E-state index is 13.5. The molecule has 2 rings (SSSR count). The fraction of sp³-hybridized carbons (Fsp3) is 0.500. The van der Waals surface area contributed by atoms with Crippen molar-refractivity contribution < 1.29 is 14.3 Å². The molecular weight excluding hydrogens is 233 g/mol. The number of halogens is 1. The minimum atomic E-state index is -0.465. The van der Waals surface area contributed by atoms with Crippen molar-refractivity contribution in [2.75, 3.05) is 19.6 Å². The molecule has 1 aliphatic rings. The van der Waals surface area contributed by atoms with E-state index in [1.807, 2.05) is 11.8 Å². The van der Waals surface area contributed by atoms with Crippen molar-refractivity contribution in [2.45, 2.75) is 19.4 Å². The highest BCUT2D eigenvalue weighted by molar-refractivity contribution is 5.97. The molecule has 1 N–H and O–H groups in total. The molecular formula is C14H18FNO2. The summed E-state index contributed by atoms with van der Waals surface area (Å²) in [4.78, 5) is 14.0. The zero-order chi connectivity index (χ0) is 13.1. The number of aliphatic hydroxyl groups is 1. The average Bonchev–Trinajstić information content (AvgIpc) is 2.34. The number of Topliss-reactive ketones (excluding diaryl/α,β-unsaturated/α-hetero) is 1. The van der Waals surface area contributed by atoms with E-state index in [0.29, 0.717) is 19.5 Å². The SMILES string of the molecule is CC1CN(CC(=O)c2ccccc2F)CCC1O. The Morgan fingerprint density at radius 1 is 1.50 bits per heavy atom. The van der Waals surface area contributed by atoms with Crippen molar-refractivity contribution >= 4 is 5.78 Å². The summed E-state index contributed by atoms with van der Waals surface area (Å²) >= 11 is 0. The summed E-state index contributed by atoms with van der Waals surface area (Å²) in [6, 6.07) is 6.06. The number of hydrogen-bond acceptors (Lipinski definition) is 3. The Balaban J connectivity index is 1.98. The second-order valence-corrected chi connectivity index (χ2v) is 4.97. The van der Waals surface area contributed by atoms with Gasteiger partial charge in [0.15, 0.2) is 5.78 Å². The van der Waals surface area contributed by atoms with Gasteiger partial charge in [-0.2, -0.15) is 0 Å². The fourth-order valence-corrected chi connectivity index (χ4v) is 2.34. The molecule has 0 spiro atoms. The molecule has 1 saturated heterocycles. The van der Waals surface area contributed by atoms with Crippen molar-refractivity contribution in [3.05, 3.63) is 35.6 Å². The molecule has 1 aliphatic heterocycles. The average molecular weight is 251 g/mol. The Labute approximate surface area is 106 Å². The molecule has 0 bridgehead atoms. The molecule has 1 aromatic carbocycles. The minimum absolute atomic E-state index is 0.149. The first-order valence-electron chi connectivity index (χ1n) is 6.26. The molecule has 98 valence electrons. The Morgan fingerprint density at radius 2 is 2.22 bits per heavy atom. The van der Waals surface area contributed by atoms with E-state index in [0.717, 1.165) is 0 Å². The van der Waals surface area contributed by atoms with E-state index in [2.05, 4.69) is 0 Å². The standard InChI is InChI=1S/C14H18FNO2/c1-10-8-16(7-6-13(10)17)9-14(18)11-4-2-3-5-12(11)15/h2-5,10,13,17H,6-9H2,1H3. The summed E-state index contributed by atoms with van der Waals surface area (Å²) in [6.45, 7) is 3.55. The van der Waals surface area contributed by atoms with E-state index in [4.69, 9.17) is 0 Å². The number of likely N-dealkylation sites (tertiary alicyclic amines) is 1. The van der Waals surface area contributed by atoms with Crippen LogP contribution in [0.2, 0.25) is 0 Å².